The number of carbonyl (C=O) groups is 1. The number of hydrogen-bond acceptors (Lipinski definition) is 4. The van der Waals surface area contributed by atoms with Gasteiger partial charge in [0.2, 0.25) is 0 Å². The fraction of sp³-hybridized carbons (Fsp3) is 0.300. The average Bonchev–Trinajstić information content (AvgIpc) is 2.31. The second kappa shape index (κ2) is 5.39. The predicted octanol–water partition coefficient (Wildman–Crippen LogP) is 2.19. The van der Waals surface area contributed by atoms with Crippen molar-refractivity contribution >= 4 is 29.0 Å². The van der Waals surface area contributed by atoms with Crippen molar-refractivity contribution in [3.63, 3.8) is 0 Å². The summed E-state index contributed by atoms with van der Waals surface area (Å²) in [5, 5.41) is 9.06. The number of ketones is 1. The van der Waals surface area contributed by atoms with Gasteiger partial charge in [-0.05, 0) is 6.07 Å². The van der Waals surface area contributed by atoms with Crippen molar-refractivity contribution < 1.29 is 19.4 Å². The van der Waals surface area contributed by atoms with Crippen LogP contribution in [-0.4, -0.2) is 31.7 Å². The third kappa shape index (κ3) is 2.24. The van der Waals surface area contributed by atoms with Crippen molar-refractivity contribution in [1.29, 1.82) is 0 Å². The van der Waals surface area contributed by atoms with E-state index in [1.807, 2.05) is 0 Å². The summed E-state index contributed by atoms with van der Waals surface area (Å²) in [6.07, 6.45) is 0. The molecule has 0 fully saturated rings. The van der Waals surface area contributed by atoms with Crippen LogP contribution in [0.5, 0.6) is 11.5 Å². The molecule has 16 heavy (non-hydrogen) atoms. The van der Waals surface area contributed by atoms with Crippen molar-refractivity contribution in [1.82, 2.24) is 0 Å². The van der Waals surface area contributed by atoms with Crippen LogP contribution < -0.4 is 9.47 Å². The predicted molar refractivity (Wildman–Crippen MR) is 61.0 cm³/mol. The fourth-order valence-corrected chi connectivity index (χ4v) is 1.72. The van der Waals surface area contributed by atoms with Crippen molar-refractivity contribution in [2.75, 3.05) is 20.8 Å². The third-order valence-electron chi connectivity index (χ3n) is 2.00. The Hall–Kier alpha value is -0.970. The average molecular weight is 265 g/mol. The highest BCUT2D eigenvalue weighted by Crippen LogP contribution is 2.41. The smallest absolute Gasteiger partial charge is 0.192 e. The van der Waals surface area contributed by atoms with Gasteiger partial charge < -0.3 is 14.6 Å². The van der Waals surface area contributed by atoms with Crippen LogP contribution in [0.15, 0.2) is 6.07 Å². The molecule has 0 aromatic heterocycles. The Morgan fingerprint density at radius 3 is 2.38 bits per heavy atom. The minimum atomic E-state index is -0.641. The fourth-order valence-electron chi connectivity index (χ4n) is 1.23. The van der Waals surface area contributed by atoms with Crippen LogP contribution in [0.4, 0.5) is 0 Å². The molecule has 0 saturated carbocycles. The minimum absolute atomic E-state index is 0.0836. The van der Waals surface area contributed by atoms with Crippen molar-refractivity contribution in [2.24, 2.45) is 0 Å². The zero-order valence-corrected chi connectivity index (χ0v) is 10.2. The molecule has 0 saturated heterocycles. The molecule has 88 valence electrons. The topological polar surface area (TPSA) is 55.8 Å². The zero-order chi connectivity index (χ0) is 12.3. The number of halogens is 2. The first-order valence-corrected chi connectivity index (χ1v) is 5.06. The van der Waals surface area contributed by atoms with Crippen LogP contribution in [0.3, 0.4) is 0 Å². The number of aliphatic hydroxyl groups excluding tert-OH is 1. The molecule has 1 rings (SSSR count). The second-order valence-corrected chi connectivity index (χ2v) is 3.62. The number of methoxy groups -OCH3 is 2. The molecule has 0 spiro atoms. The van der Waals surface area contributed by atoms with E-state index in [0.717, 1.165) is 0 Å². The molecule has 0 amide bonds. The van der Waals surface area contributed by atoms with Crippen molar-refractivity contribution in [3.05, 3.63) is 21.7 Å². The summed E-state index contributed by atoms with van der Waals surface area (Å²) >= 11 is 11.8. The zero-order valence-electron chi connectivity index (χ0n) is 8.71. The van der Waals surface area contributed by atoms with Gasteiger partial charge in [-0.1, -0.05) is 23.2 Å². The highest BCUT2D eigenvalue weighted by molar-refractivity contribution is 6.44. The van der Waals surface area contributed by atoms with E-state index in [9.17, 15) is 4.79 Å². The molecule has 0 heterocycles. The molecule has 0 atom stereocenters. The largest absolute Gasteiger partial charge is 0.495 e. The molecule has 1 N–H and O–H groups in total. The van der Waals surface area contributed by atoms with E-state index in [1.165, 1.54) is 20.3 Å². The van der Waals surface area contributed by atoms with E-state index in [2.05, 4.69) is 0 Å². The highest BCUT2D eigenvalue weighted by atomic mass is 35.5. The first-order valence-electron chi connectivity index (χ1n) is 4.30. The molecule has 0 aliphatic heterocycles. The lowest BCUT2D eigenvalue weighted by atomic mass is 10.1. The van der Waals surface area contributed by atoms with Crippen LogP contribution in [0.2, 0.25) is 10.0 Å². The Kier molecular flexibility index (Phi) is 4.41. The lowest BCUT2D eigenvalue weighted by Crippen LogP contribution is -2.07. The van der Waals surface area contributed by atoms with Gasteiger partial charge in [0.05, 0.1) is 19.8 Å². The number of aliphatic hydroxyl groups is 1. The number of carbonyl (C=O) groups excluding carboxylic acids is 1. The number of rotatable bonds is 4. The summed E-state index contributed by atoms with van der Waals surface area (Å²) in [4.78, 5) is 11.4. The van der Waals surface area contributed by atoms with Gasteiger partial charge in [-0.25, -0.2) is 0 Å². The van der Waals surface area contributed by atoms with E-state index in [4.69, 9.17) is 37.8 Å². The van der Waals surface area contributed by atoms with Gasteiger partial charge in [0, 0.05) is 0 Å². The number of benzene rings is 1. The van der Waals surface area contributed by atoms with Crippen LogP contribution in [0.1, 0.15) is 10.4 Å². The molecule has 0 aliphatic carbocycles. The number of hydrogen-bond donors (Lipinski definition) is 1. The molecule has 0 bridgehead atoms. The maximum atomic E-state index is 11.4. The number of ether oxygens (including phenoxy) is 2. The van der Waals surface area contributed by atoms with Gasteiger partial charge in [0.15, 0.2) is 5.78 Å². The third-order valence-corrected chi connectivity index (χ3v) is 2.83. The van der Waals surface area contributed by atoms with E-state index in [-0.39, 0.29) is 27.1 Å². The van der Waals surface area contributed by atoms with Crippen LogP contribution >= 0.6 is 23.2 Å². The second-order valence-electron chi connectivity index (χ2n) is 2.87. The van der Waals surface area contributed by atoms with Crippen molar-refractivity contribution in [3.8, 4) is 11.5 Å². The lowest BCUT2D eigenvalue weighted by Gasteiger charge is -2.12. The monoisotopic (exact) mass is 264 g/mol. The van der Waals surface area contributed by atoms with Gasteiger partial charge >= 0.3 is 0 Å². The van der Waals surface area contributed by atoms with Gasteiger partial charge in [-0.3, -0.25) is 4.79 Å². The Morgan fingerprint density at radius 2 is 1.94 bits per heavy atom. The van der Waals surface area contributed by atoms with Crippen LogP contribution in [0, 0.1) is 0 Å². The molecule has 6 heteroatoms. The maximum Gasteiger partial charge on any atom is 0.192 e. The van der Waals surface area contributed by atoms with Crippen molar-refractivity contribution in [2.45, 2.75) is 0 Å². The van der Waals surface area contributed by atoms with Gasteiger partial charge in [-0.15, -0.1) is 0 Å². The first-order chi connectivity index (χ1) is 7.56. The van der Waals surface area contributed by atoms with Gasteiger partial charge in [0.1, 0.15) is 28.2 Å². The summed E-state index contributed by atoms with van der Waals surface area (Å²) in [7, 11) is 2.76. The maximum absolute atomic E-state index is 11.4. The SMILES string of the molecule is COc1cc(C(=O)CO)c(OC)c(Cl)c1Cl. The van der Waals surface area contributed by atoms with E-state index in [1.54, 1.807) is 0 Å². The summed E-state index contributed by atoms with van der Waals surface area (Å²) in [6.45, 7) is -0.641. The summed E-state index contributed by atoms with van der Waals surface area (Å²) in [5.41, 5.74) is 0.135. The molecule has 0 aliphatic rings. The quantitative estimate of drug-likeness (QED) is 0.848. The van der Waals surface area contributed by atoms with E-state index < -0.39 is 12.4 Å². The van der Waals surface area contributed by atoms with Crippen LogP contribution in [0.25, 0.3) is 0 Å². The summed E-state index contributed by atoms with van der Waals surface area (Å²) in [5.74, 6) is -0.135. The lowest BCUT2D eigenvalue weighted by molar-refractivity contribution is 0.0900. The molecule has 1 aromatic rings. The van der Waals surface area contributed by atoms with E-state index >= 15 is 0 Å². The molecular formula is C10H10Cl2O4. The van der Waals surface area contributed by atoms with Gasteiger partial charge in [0.25, 0.3) is 0 Å². The molecule has 1 aromatic carbocycles. The van der Waals surface area contributed by atoms with E-state index in [0.29, 0.717) is 0 Å². The molecule has 0 unspecified atom stereocenters. The normalized spacial score (nSPS) is 10.1. The standard InChI is InChI=1S/C10H10Cl2O4/c1-15-7-3-5(6(14)4-13)10(16-2)9(12)8(7)11/h3,13H,4H2,1-2H3. The Morgan fingerprint density at radius 1 is 1.31 bits per heavy atom. The molecular weight excluding hydrogens is 255 g/mol. The summed E-state index contributed by atoms with van der Waals surface area (Å²) in [6, 6.07) is 1.38. The molecule has 4 nitrogen and oxygen atoms in total. The Bertz CT molecular complexity index is 418. The first kappa shape index (κ1) is 13.1. The summed E-state index contributed by atoms with van der Waals surface area (Å²) < 4.78 is 9.93. The van der Waals surface area contributed by atoms with Gasteiger partial charge in [-0.2, -0.15) is 0 Å². The minimum Gasteiger partial charge on any atom is -0.495 e. The molecule has 0 radical (unpaired) electrons. The highest BCUT2D eigenvalue weighted by Gasteiger charge is 2.20. The van der Waals surface area contributed by atoms with Crippen LogP contribution in [-0.2, 0) is 0 Å². The Balaban J connectivity index is 3.47. The number of Topliss-reactive ketones (excluding diaryl/α,β-unsaturated/α-hetero) is 1. The Labute approximate surface area is 103 Å².